The van der Waals surface area contributed by atoms with Gasteiger partial charge in [0.2, 0.25) is 10.0 Å². The molecule has 1 N–H and O–H groups in total. The molecule has 1 saturated heterocycles. The van der Waals surface area contributed by atoms with Crippen molar-refractivity contribution in [2.45, 2.75) is 16.9 Å². The second kappa shape index (κ2) is 11.4. The number of Topliss-reactive ketones (excluding diaryl/α,β-unsaturated/α-hetero) is 1. The van der Waals surface area contributed by atoms with Gasteiger partial charge in [0, 0.05) is 23.7 Å². The third-order valence-corrected chi connectivity index (χ3v) is 9.15. The lowest BCUT2D eigenvalue weighted by Crippen LogP contribution is -2.54. The van der Waals surface area contributed by atoms with E-state index in [1.807, 2.05) is 0 Å². The van der Waals surface area contributed by atoms with Gasteiger partial charge in [0.25, 0.3) is 0 Å². The van der Waals surface area contributed by atoms with Crippen molar-refractivity contribution in [1.29, 1.82) is 0 Å². The molecule has 1 heterocycles. The van der Waals surface area contributed by atoms with Crippen LogP contribution in [0.15, 0.2) is 65.6 Å². The van der Waals surface area contributed by atoms with Crippen molar-refractivity contribution in [2.24, 2.45) is 5.92 Å². The average molecular weight is 576 g/mol. The van der Waals surface area contributed by atoms with Gasteiger partial charge in [-0.05, 0) is 67.1 Å². The van der Waals surface area contributed by atoms with Crippen molar-refractivity contribution in [3.63, 3.8) is 0 Å². The number of nitrogens with zero attached hydrogens (tertiary/aromatic N) is 1. The van der Waals surface area contributed by atoms with Gasteiger partial charge in [0.1, 0.15) is 28.6 Å². The van der Waals surface area contributed by atoms with Crippen molar-refractivity contribution >= 4 is 27.4 Å². The standard InChI is InChI=1S/C28H30ClNO8S/c1-35-19-7-11-25(37-3)22(15-19)27(31)24-17-30(39(33,34)21-9-5-18(29)6-10-21)14-13-28(24,32)23-16-20(36-2)8-12-26(23)38-4/h5-12,15-16,24,32H,13-14,17H2,1-4H3/t24?,28-/m1/s1. The minimum Gasteiger partial charge on any atom is -0.497 e. The number of hydrogen-bond donors (Lipinski definition) is 1. The normalized spacial score (nSPS) is 19.8. The number of carbonyl (C=O) groups excluding carboxylic acids is 1. The lowest BCUT2D eigenvalue weighted by Gasteiger charge is -2.44. The van der Waals surface area contributed by atoms with E-state index in [1.165, 1.54) is 63.1 Å². The van der Waals surface area contributed by atoms with Gasteiger partial charge in [-0.15, -0.1) is 0 Å². The monoisotopic (exact) mass is 575 g/mol. The van der Waals surface area contributed by atoms with Gasteiger partial charge in [-0.25, -0.2) is 8.42 Å². The summed E-state index contributed by atoms with van der Waals surface area (Å²) in [6.45, 7) is -0.359. The first-order chi connectivity index (χ1) is 18.6. The first-order valence-electron chi connectivity index (χ1n) is 12.1. The Morgan fingerprint density at radius 2 is 1.49 bits per heavy atom. The highest BCUT2D eigenvalue weighted by Gasteiger charge is 2.51. The quantitative estimate of drug-likeness (QED) is 0.379. The van der Waals surface area contributed by atoms with Gasteiger partial charge in [0.05, 0.1) is 44.8 Å². The van der Waals surface area contributed by atoms with Crippen molar-refractivity contribution < 1.29 is 37.3 Å². The van der Waals surface area contributed by atoms with E-state index in [-0.39, 0.29) is 35.7 Å². The molecule has 1 unspecified atom stereocenters. The van der Waals surface area contributed by atoms with Gasteiger partial charge in [-0.3, -0.25) is 4.79 Å². The van der Waals surface area contributed by atoms with E-state index in [4.69, 9.17) is 30.5 Å². The third-order valence-electron chi connectivity index (χ3n) is 7.02. The molecule has 0 amide bonds. The summed E-state index contributed by atoms with van der Waals surface area (Å²) >= 11 is 5.96. The topological polar surface area (TPSA) is 112 Å². The van der Waals surface area contributed by atoms with E-state index < -0.39 is 27.3 Å². The van der Waals surface area contributed by atoms with Crippen LogP contribution in [-0.4, -0.2) is 65.1 Å². The molecule has 4 rings (SSSR count). The number of rotatable bonds is 9. The molecule has 2 atom stereocenters. The van der Waals surface area contributed by atoms with Crippen LogP contribution in [0.3, 0.4) is 0 Å². The highest BCUT2D eigenvalue weighted by Crippen LogP contribution is 2.46. The van der Waals surface area contributed by atoms with Crippen LogP contribution in [0.1, 0.15) is 22.3 Å². The summed E-state index contributed by atoms with van der Waals surface area (Å²) < 4.78 is 50.1. The Morgan fingerprint density at radius 3 is 2.08 bits per heavy atom. The van der Waals surface area contributed by atoms with Crippen LogP contribution >= 0.6 is 11.6 Å². The maximum atomic E-state index is 14.2. The van der Waals surface area contributed by atoms with Gasteiger partial charge >= 0.3 is 0 Å². The van der Waals surface area contributed by atoms with Crippen molar-refractivity contribution in [2.75, 3.05) is 41.5 Å². The number of benzene rings is 3. The van der Waals surface area contributed by atoms with Crippen LogP contribution in [0.5, 0.6) is 23.0 Å². The Hall–Kier alpha value is -3.31. The fourth-order valence-electron chi connectivity index (χ4n) is 4.86. The SMILES string of the molecule is COc1ccc(OC)c(C(=O)C2CN(S(=O)(=O)c3ccc(Cl)cc3)CC[C@@]2(O)c2cc(OC)ccc2OC)c1. The molecular formula is C28H30ClNO8S. The Balaban J connectivity index is 1.86. The van der Waals surface area contributed by atoms with Crippen LogP contribution < -0.4 is 18.9 Å². The molecule has 0 aliphatic carbocycles. The lowest BCUT2D eigenvalue weighted by atomic mass is 9.72. The second-order valence-electron chi connectivity index (χ2n) is 9.04. The van der Waals surface area contributed by atoms with Crippen LogP contribution in [0, 0.1) is 5.92 Å². The molecule has 3 aromatic rings. The largest absolute Gasteiger partial charge is 0.497 e. The molecular weight excluding hydrogens is 546 g/mol. The molecule has 39 heavy (non-hydrogen) atoms. The first-order valence-corrected chi connectivity index (χ1v) is 13.9. The van der Waals surface area contributed by atoms with E-state index in [1.54, 1.807) is 30.3 Å². The minimum atomic E-state index is -4.02. The minimum absolute atomic E-state index is 0.0291. The fraction of sp³-hybridized carbons (Fsp3) is 0.321. The maximum absolute atomic E-state index is 14.2. The number of sulfonamides is 1. The Morgan fingerprint density at radius 1 is 0.897 bits per heavy atom. The van der Waals surface area contributed by atoms with E-state index in [2.05, 4.69) is 0 Å². The van der Waals surface area contributed by atoms with Gasteiger partial charge < -0.3 is 24.1 Å². The molecule has 0 saturated carbocycles. The molecule has 1 fully saturated rings. The summed E-state index contributed by atoms with van der Waals surface area (Å²) in [5.74, 6) is -0.311. The van der Waals surface area contributed by atoms with Crippen molar-refractivity contribution in [3.8, 4) is 23.0 Å². The summed E-state index contributed by atoms with van der Waals surface area (Å²) in [7, 11) is 1.82. The van der Waals surface area contributed by atoms with Gasteiger partial charge in [-0.1, -0.05) is 11.6 Å². The molecule has 9 nitrogen and oxygen atoms in total. The Bertz CT molecular complexity index is 1460. The smallest absolute Gasteiger partial charge is 0.243 e. The fourth-order valence-corrected chi connectivity index (χ4v) is 6.44. The van der Waals surface area contributed by atoms with E-state index in [0.717, 1.165) is 0 Å². The molecule has 0 aromatic heterocycles. The number of ketones is 1. The molecule has 1 aliphatic rings. The number of ether oxygens (including phenoxy) is 4. The number of methoxy groups -OCH3 is 4. The molecule has 3 aromatic carbocycles. The zero-order chi connectivity index (χ0) is 28.4. The maximum Gasteiger partial charge on any atom is 0.243 e. The van der Waals surface area contributed by atoms with Crippen molar-refractivity contribution in [3.05, 3.63) is 76.8 Å². The van der Waals surface area contributed by atoms with Crippen LogP contribution in [0.2, 0.25) is 5.02 Å². The summed E-state index contributed by atoms with van der Waals surface area (Å²) in [4.78, 5) is 14.3. The van der Waals surface area contributed by atoms with E-state index >= 15 is 0 Å². The number of piperidine rings is 1. The first kappa shape index (κ1) is 28.7. The summed E-state index contributed by atoms with van der Waals surface area (Å²) in [5.41, 5.74) is -1.35. The summed E-state index contributed by atoms with van der Waals surface area (Å²) in [5, 5.41) is 12.7. The lowest BCUT2D eigenvalue weighted by molar-refractivity contribution is -0.0511. The predicted molar refractivity (Wildman–Crippen MR) is 146 cm³/mol. The second-order valence-corrected chi connectivity index (χ2v) is 11.4. The zero-order valence-electron chi connectivity index (χ0n) is 22.0. The number of aliphatic hydroxyl groups is 1. The summed E-state index contributed by atoms with van der Waals surface area (Å²) in [6, 6.07) is 15.4. The van der Waals surface area contributed by atoms with Gasteiger partial charge in [-0.2, -0.15) is 4.31 Å². The van der Waals surface area contributed by atoms with Crippen LogP contribution in [0.4, 0.5) is 0 Å². The molecule has 11 heteroatoms. The van der Waals surface area contributed by atoms with Crippen LogP contribution in [-0.2, 0) is 15.6 Å². The van der Waals surface area contributed by atoms with Crippen LogP contribution in [0.25, 0.3) is 0 Å². The number of carbonyl (C=O) groups is 1. The Labute approximate surface area is 232 Å². The Kier molecular flexibility index (Phi) is 8.41. The third kappa shape index (κ3) is 5.42. The molecule has 0 spiro atoms. The summed E-state index contributed by atoms with van der Waals surface area (Å²) in [6.07, 6.45) is -0.0912. The highest BCUT2D eigenvalue weighted by molar-refractivity contribution is 7.89. The average Bonchev–Trinajstić information content (AvgIpc) is 2.96. The number of hydrogen-bond acceptors (Lipinski definition) is 8. The highest BCUT2D eigenvalue weighted by atomic mass is 35.5. The van der Waals surface area contributed by atoms with E-state index in [0.29, 0.717) is 27.8 Å². The van der Waals surface area contributed by atoms with Gasteiger partial charge in [0.15, 0.2) is 5.78 Å². The van der Waals surface area contributed by atoms with Crippen molar-refractivity contribution in [1.82, 2.24) is 4.31 Å². The number of halogens is 1. The molecule has 208 valence electrons. The molecule has 0 radical (unpaired) electrons. The molecule has 0 bridgehead atoms. The van der Waals surface area contributed by atoms with E-state index in [9.17, 15) is 18.3 Å². The zero-order valence-corrected chi connectivity index (χ0v) is 23.6. The molecule has 1 aliphatic heterocycles. The predicted octanol–water partition coefficient (Wildman–Crippen LogP) is 4.16.